The van der Waals surface area contributed by atoms with Crippen LogP contribution in [-0.2, 0) is 0 Å². The topological polar surface area (TPSA) is 25.8 Å². The van der Waals surface area contributed by atoms with Crippen LogP contribution in [0.15, 0.2) is 48.6 Å². The first-order valence-corrected chi connectivity index (χ1v) is 5.48. The Morgan fingerprint density at radius 2 is 1.75 bits per heavy atom. The van der Waals surface area contributed by atoms with Crippen molar-refractivity contribution in [2.24, 2.45) is 0 Å². The second-order valence-corrected chi connectivity index (χ2v) is 3.91. The Kier molecular flexibility index (Phi) is 3.54. The average molecular weight is 252 g/mol. The summed E-state index contributed by atoms with van der Waals surface area (Å²) in [6.45, 7) is 0. The number of rotatable bonds is 1. The standard InChI is InChI=1S/C12H9Cl2N2/c13-10-8-11(14)16-12(15-10)9-6-4-2-1-3-5-7-9/h1-8,13H/q+1. The van der Waals surface area contributed by atoms with E-state index in [4.69, 9.17) is 23.2 Å². The maximum atomic E-state index is 5.84. The van der Waals surface area contributed by atoms with Gasteiger partial charge in [0.1, 0.15) is 5.15 Å². The average Bonchev–Trinajstić information content (AvgIpc) is 2.14. The molecule has 2 rings (SSSR count). The second kappa shape index (κ2) is 5.10. The predicted molar refractivity (Wildman–Crippen MR) is 63.0 cm³/mol. The molecular formula is C12H9Cl2N2+. The third-order valence-corrected chi connectivity index (χ3v) is 2.33. The number of aromatic nitrogens is 2. The molecule has 0 aliphatic heterocycles. The molecule has 1 aromatic rings. The molecule has 1 heterocycles. The Hall–Kier alpha value is -1.38. The van der Waals surface area contributed by atoms with Crippen molar-refractivity contribution in [3.05, 3.63) is 64.7 Å². The van der Waals surface area contributed by atoms with Crippen LogP contribution in [0.2, 0.25) is 10.3 Å². The molecule has 80 valence electrons. The van der Waals surface area contributed by atoms with Crippen LogP contribution in [-0.4, -0.2) is 9.97 Å². The highest BCUT2D eigenvalue weighted by Crippen LogP contribution is 2.16. The molecule has 0 bridgehead atoms. The van der Waals surface area contributed by atoms with Gasteiger partial charge in [-0.25, -0.2) is 4.98 Å². The van der Waals surface area contributed by atoms with Gasteiger partial charge in [0, 0.05) is 5.57 Å². The van der Waals surface area contributed by atoms with Crippen LogP contribution in [0.5, 0.6) is 0 Å². The van der Waals surface area contributed by atoms with Crippen LogP contribution in [0, 0.1) is 11.6 Å². The monoisotopic (exact) mass is 251 g/mol. The van der Waals surface area contributed by atoms with Gasteiger partial charge in [0.25, 0.3) is 0 Å². The fourth-order valence-electron chi connectivity index (χ4n) is 1.24. The van der Waals surface area contributed by atoms with E-state index >= 15 is 0 Å². The van der Waals surface area contributed by atoms with Crippen LogP contribution in [0.4, 0.5) is 0 Å². The first kappa shape index (κ1) is 11.1. The van der Waals surface area contributed by atoms with Gasteiger partial charge in [0.05, 0.1) is 6.07 Å². The SMILES string of the molecule is Clc1cc([ClH+])nc(C2=CC=CC=CC=C2)n1. The zero-order valence-electron chi connectivity index (χ0n) is 8.30. The minimum Gasteiger partial charge on any atom is -0.216 e. The van der Waals surface area contributed by atoms with Gasteiger partial charge in [-0.05, 0) is 0 Å². The molecular weight excluding hydrogens is 243 g/mol. The second-order valence-electron chi connectivity index (χ2n) is 3.10. The van der Waals surface area contributed by atoms with Gasteiger partial charge < -0.3 is 0 Å². The summed E-state index contributed by atoms with van der Waals surface area (Å²) in [5.41, 5.74) is 0.884. The lowest BCUT2D eigenvalue weighted by Gasteiger charge is -2.00. The van der Waals surface area contributed by atoms with E-state index in [1.54, 1.807) is 6.07 Å². The van der Waals surface area contributed by atoms with Gasteiger partial charge in [-0.1, -0.05) is 54.1 Å². The third kappa shape index (κ3) is 2.81. The maximum absolute atomic E-state index is 5.84. The van der Waals surface area contributed by atoms with Gasteiger partial charge in [0.2, 0.25) is 0 Å². The molecule has 0 fully saturated rings. The molecule has 16 heavy (non-hydrogen) atoms. The molecule has 0 N–H and O–H groups in total. The summed E-state index contributed by atoms with van der Waals surface area (Å²) >= 11 is 10.8. The van der Waals surface area contributed by atoms with Crippen LogP contribution in [0.25, 0.3) is 5.57 Å². The summed E-state index contributed by atoms with van der Waals surface area (Å²) in [7, 11) is 0. The van der Waals surface area contributed by atoms with E-state index in [9.17, 15) is 0 Å². The molecule has 0 radical (unpaired) electrons. The summed E-state index contributed by atoms with van der Waals surface area (Å²) in [5, 5.41) is 0.816. The number of allylic oxidation sites excluding steroid dienone is 8. The minimum absolute atomic E-state index is 0.367. The van der Waals surface area contributed by atoms with Crippen LogP contribution in [0.3, 0.4) is 0 Å². The van der Waals surface area contributed by atoms with Crippen LogP contribution in [0.1, 0.15) is 5.82 Å². The van der Waals surface area contributed by atoms with E-state index < -0.39 is 0 Å². The molecule has 0 spiro atoms. The van der Waals surface area contributed by atoms with Crippen molar-refractivity contribution in [1.82, 2.24) is 9.97 Å². The Morgan fingerprint density at radius 1 is 1.00 bits per heavy atom. The van der Waals surface area contributed by atoms with E-state index in [0.29, 0.717) is 16.1 Å². The van der Waals surface area contributed by atoms with E-state index in [2.05, 4.69) is 9.97 Å². The molecule has 0 aromatic carbocycles. The van der Waals surface area contributed by atoms with Crippen molar-refractivity contribution >= 4 is 17.2 Å². The van der Waals surface area contributed by atoms with E-state index in [1.807, 2.05) is 42.5 Å². The molecule has 1 aromatic heterocycles. The van der Waals surface area contributed by atoms with Crippen molar-refractivity contribution in [3.63, 3.8) is 0 Å². The fourth-order valence-corrected chi connectivity index (χ4v) is 1.69. The van der Waals surface area contributed by atoms with Crippen LogP contribution >= 0.6 is 11.6 Å². The van der Waals surface area contributed by atoms with E-state index in [-0.39, 0.29) is 0 Å². The summed E-state index contributed by atoms with van der Waals surface area (Å²) in [4.78, 5) is 8.31. The van der Waals surface area contributed by atoms with Crippen molar-refractivity contribution in [1.29, 1.82) is 0 Å². The van der Waals surface area contributed by atoms with Gasteiger partial charge in [-0.2, -0.15) is 4.98 Å². The summed E-state index contributed by atoms with van der Waals surface area (Å²) in [5.74, 6) is 0.550. The van der Waals surface area contributed by atoms with Crippen molar-refractivity contribution < 1.29 is 11.6 Å². The van der Waals surface area contributed by atoms with E-state index in [1.165, 1.54) is 0 Å². The first-order valence-electron chi connectivity index (χ1n) is 4.69. The molecule has 0 atom stereocenters. The number of hydrogen-bond donors (Lipinski definition) is 0. The Morgan fingerprint density at radius 3 is 2.56 bits per heavy atom. The maximum Gasteiger partial charge on any atom is 0.323 e. The molecule has 0 unspecified atom stereocenters. The Bertz CT molecular complexity index is 494. The van der Waals surface area contributed by atoms with Crippen molar-refractivity contribution in [3.8, 4) is 0 Å². The highest BCUT2D eigenvalue weighted by atomic mass is 35.5. The zero-order chi connectivity index (χ0) is 11.4. The quantitative estimate of drug-likeness (QED) is 0.718. The molecule has 4 heteroatoms. The molecule has 1 aliphatic carbocycles. The van der Waals surface area contributed by atoms with Gasteiger partial charge in [0.15, 0.2) is 17.4 Å². The lowest BCUT2D eigenvalue weighted by molar-refractivity contribution is -0.296. The number of nitrogens with zero attached hydrogens (tertiary/aromatic N) is 2. The lowest BCUT2D eigenvalue weighted by Crippen LogP contribution is -1.94. The zero-order valence-corrected chi connectivity index (χ0v) is 9.87. The highest BCUT2D eigenvalue weighted by molar-refractivity contribution is 6.29. The molecule has 0 saturated heterocycles. The predicted octanol–water partition coefficient (Wildman–Crippen LogP) is 2.89. The normalized spacial score (nSPS) is 14.5. The Balaban J connectivity index is 2.43. The number of halogens is 2. The van der Waals surface area contributed by atoms with Crippen molar-refractivity contribution in [2.75, 3.05) is 0 Å². The molecule has 0 amide bonds. The van der Waals surface area contributed by atoms with Gasteiger partial charge >= 0.3 is 5.15 Å². The highest BCUT2D eigenvalue weighted by Gasteiger charge is 2.08. The first-order chi connectivity index (χ1) is 7.75. The fraction of sp³-hybridized carbons (Fsp3) is 0. The summed E-state index contributed by atoms with van der Waals surface area (Å²) in [6, 6.07) is 1.56. The minimum atomic E-state index is 0.367. The van der Waals surface area contributed by atoms with Crippen molar-refractivity contribution in [2.45, 2.75) is 0 Å². The Labute approximate surface area is 104 Å². The van der Waals surface area contributed by atoms with Gasteiger partial charge in [-0.3, -0.25) is 0 Å². The summed E-state index contributed by atoms with van der Waals surface area (Å²) < 4.78 is 0. The van der Waals surface area contributed by atoms with Crippen LogP contribution < -0.4 is 0 Å². The molecule has 1 aliphatic rings. The lowest BCUT2D eigenvalue weighted by atomic mass is 10.2. The van der Waals surface area contributed by atoms with E-state index in [0.717, 1.165) is 5.57 Å². The third-order valence-electron chi connectivity index (χ3n) is 1.93. The smallest absolute Gasteiger partial charge is 0.216 e. The van der Waals surface area contributed by atoms with Gasteiger partial charge in [-0.15, -0.1) is 0 Å². The molecule has 0 saturated carbocycles. The number of hydrogen-bond acceptors (Lipinski definition) is 2. The summed E-state index contributed by atoms with van der Waals surface area (Å²) in [6.07, 6.45) is 13.5. The largest absolute Gasteiger partial charge is 0.323 e. The molecule has 2 nitrogen and oxygen atoms in total.